The van der Waals surface area contributed by atoms with E-state index in [0.29, 0.717) is 0 Å². The Labute approximate surface area is 81.4 Å². The van der Waals surface area contributed by atoms with Gasteiger partial charge in [0.2, 0.25) is 0 Å². The van der Waals surface area contributed by atoms with Gasteiger partial charge in [-0.25, -0.2) is 0 Å². The van der Waals surface area contributed by atoms with Crippen LogP contribution in [0.2, 0.25) is 0 Å². The van der Waals surface area contributed by atoms with Gasteiger partial charge in [-0.05, 0) is 51.3 Å². The first-order valence-electron chi connectivity index (χ1n) is 4.71. The van der Waals surface area contributed by atoms with Crippen LogP contribution in [0, 0.1) is 6.08 Å². The van der Waals surface area contributed by atoms with E-state index in [1.807, 2.05) is 0 Å². The Kier molecular flexibility index (Phi) is 3.30. The number of allylic oxidation sites excluding steroid dienone is 8. The molecule has 0 aromatic rings. The lowest BCUT2D eigenvalue weighted by Gasteiger charge is -1.98. The molecule has 0 saturated carbocycles. The van der Waals surface area contributed by atoms with Gasteiger partial charge in [0, 0.05) is 0 Å². The summed E-state index contributed by atoms with van der Waals surface area (Å²) in [6.45, 7) is 8.49. The molecular weight excluding hydrogens is 156 g/mol. The minimum atomic E-state index is 0.972. The molecule has 0 bridgehead atoms. The van der Waals surface area contributed by atoms with Crippen molar-refractivity contribution in [1.29, 1.82) is 0 Å². The van der Waals surface area contributed by atoms with Gasteiger partial charge in [-0.1, -0.05) is 29.4 Å². The molecule has 0 N–H and O–H groups in total. The quantitative estimate of drug-likeness (QED) is 0.554. The van der Waals surface area contributed by atoms with Crippen LogP contribution in [0.4, 0.5) is 0 Å². The molecule has 0 unspecified atom stereocenters. The third kappa shape index (κ3) is 3.06. The lowest BCUT2D eigenvalue weighted by molar-refractivity contribution is 1.34. The van der Waals surface area contributed by atoms with Gasteiger partial charge in [0.05, 0.1) is 0 Å². The van der Waals surface area contributed by atoms with Crippen LogP contribution in [-0.2, 0) is 0 Å². The zero-order valence-electron chi connectivity index (χ0n) is 8.94. The second-order valence-corrected chi connectivity index (χ2v) is 3.78. The second kappa shape index (κ2) is 4.27. The highest BCUT2D eigenvalue weighted by atomic mass is 14.1. The molecule has 1 rings (SSSR count). The first-order chi connectivity index (χ1) is 6.09. The van der Waals surface area contributed by atoms with Crippen molar-refractivity contribution in [2.24, 2.45) is 0 Å². The molecule has 0 atom stereocenters. The third-order valence-electron chi connectivity index (χ3n) is 2.02. The summed E-state index contributed by atoms with van der Waals surface area (Å²) in [5.74, 6) is 0. The van der Waals surface area contributed by atoms with Crippen molar-refractivity contribution in [3.8, 4) is 0 Å². The maximum atomic E-state index is 3.29. The fraction of sp³-hybridized carbons (Fsp3) is 0.385. The molecule has 69 valence electrons. The van der Waals surface area contributed by atoms with E-state index in [0.717, 1.165) is 6.42 Å². The van der Waals surface area contributed by atoms with Gasteiger partial charge in [-0.15, -0.1) is 0 Å². The minimum absolute atomic E-state index is 0.972. The van der Waals surface area contributed by atoms with E-state index in [1.54, 1.807) is 0 Å². The Balaban J connectivity index is 2.77. The maximum Gasteiger partial charge on any atom is -0.00826 e. The van der Waals surface area contributed by atoms with Crippen molar-refractivity contribution >= 4 is 0 Å². The summed E-state index contributed by atoms with van der Waals surface area (Å²) < 4.78 is 0. The van der Waals surface area contributed by atoms with Crippen molar-refractivity contribution in [3.63, 3.8) is 0 Å². The lowest BCUT2D eigenvalue weighted by atomic mass is 10.1. The molecule has 0 amide bonds. The van der Waals surface area contributed by atoms with Crippen molar-refractivity contribution in [3.05, 3.63) is 46.6 Å². The monoisotopic (exact) mass is 173 g/mol. The Morgan fingerprint density at radius 3 is 2.54 bits per heavy atom. The van der Waals surface area contributed by atoms with Crippen molar-refractivity contribution < 1.29 is 0 Å². The maximum absolute atomic E-state index is 3.29. The standard InChI is InChI=1S/C13H17/c1-10(2)8-11(3)9-13-7-5-6-12(13)4/h7-9H,5H2,1-4H3. The number of hydrogen-bond acceptors (Lipinski definition) is 0. The van der Waals surface area contributed by atoms with E-state index in [9.17, 15) is 0 Å². The highest BCUT2D eigenvalue weighted by molar-refractivity contribution is 5.44. The fourth-order valence-electron chi connectivity index (χ4n) is 1.48. The normalized spacial score (nSPS) is 16.8. The van der Waals surface area contributed by atoms with E-state index in [-0.39, 0.29) is 0 Å². The van der Waals surface area contributed by atoms with Gasteiger partial charge in [-0.3, -0.25) is 0 Å². The van der Waals surface area contributed by atoms with Crippen LogP contribution in [0.15, 0.2) is 40.5 Å². The molecule has 0 nitrogen and oxygen atoms in total. The zero-order valence-corrected chi connectivity index (χ0v) is 8.94. The van der Waals surface area contributed by atoms with Crippen LogP contribution in [-0.4, -0.2) is 0 Å². The lowest BCUT2D eigenvalue weighted by Crippen LogP contribution is -1.78. The first-order valence-corrected chi connectivity index (χ1v) is 4.71. The predicted octanol–water partition coefficient (Wildman–Crippen LogP) is 3.98. The highest BCUT2D eigenvalue weighted by Gasteiger charge is 2.01. The van der Waals surface area contributed by atoms with E-state index in [4.69, 9.17) is 0 Å². The van der Waals surface area contributed by atoms with Crippen molar-refractivity contribution in [2.45, 2.75) is 34.1 Å². The molecule has 0 heteroatoms. The smallest absolute Gasteiger partial charge is 0.00826 e. The molecule has 1 aliphatic rings. The van der Waals surface area contributed by atoms with Crippen molar-refractivity contribution in [1.82, 2.24) is 0 Å². The molecule has 13 heavy (non-hydrogen) atoms. The molecule has 0 heterocycles. The van der Waals surface area contributed by atoms with Gasteiger partial charge >= 0.3 is 0 Å². The van der Waals surface area contributed by atoms with Gasteiger partial charge in [0.1, 0.15) is 0 Å². The third-order valence-corrected chi connectivity index (χ3v) is 2.02. The molecule has 0 aromatic carbocycles. The molecule has 1 radical (unpaired) electrons. The average Bonchev–Trinajstić information content (AvgIpc) is 2.34. The summed E-state index contributed by atoms with van der Waals surface area (Å²) in [4.78, 5) is 0. The van der Waals surface area contributed by atoms with Crippen LogP contribution in [0.25, 0.3) is 0 Å². The predicted molar refractivity (Wildman–Crippen MR) is 58.3 cm³/mol. The fourth-order valence-corrected chi connectivity index (χ4v) is 1.48. The molecular formula is C13H17. The van der Waals surface area contributed by atoms with Gasteiger partial charge in [0.15, 0.2) is 0 Å². The Morgan fingerprint density at radius 1 is 1.38 bits per heavy atom. The average molecular weight is 173 g/mol. The molecule has 1 aliphatic carbocycles. The molecule has 0 saturated heterocycles. The molecule has 0 spiro atoms. The summed E-state index contributed by atoms with van der Waals surface area (Å²) in [5, 5.41) is 0. The van der Waals surface area contributed by atoms with Gasteiger partial charge in [-0.2, -0.15) is 0 Å². The second-order valence-electron chi connectivity index (χ2n) is 3.78. The van der Waals surface area contributed by atoms with Crippen LogP contribution in [0.3, 0.4) is 0 Å². The summed E-state index contributed by atoms with van der Waals surface area (Å²) >= 11 is 0. The Morgan fingerprint density at radius 2 is 2.08 bits per heavy atom. The van der Waals surface area contributed by atoms with Crippen LogP contribution < -0.4 is 0 Å². The SMILES string of the molecule is CC1=[C]CC=C1C=C(C)C=C(C)C. The largest absolute Gasteiger partial charge is 0.0762 e. The zero-order chi connectivity index (χ0) is 9.84. The summed E-state index contributed by atoms with van der Waals surface area (Å²) in [7, 11) is 0. The van der Waals surface area contributed by atoms with Gasteiger partial charge < -0.3 is 0 Å². The molecule has 0 fully saturated rings. The Hall–Kier alpha value is -1.04. The highest BCUT2D eigenvalue weighted by Crippen LogP contribution is 2.20. The van der Waals surface area contributed by atoms with Crippen molar-refractivity contribution in [2.75, 3.05) is 0 Å². The van der Waals surface area contributed by atoms with Crippen LogP contribution >= 0.6 is 0 Å². The molecule has 0 aromatic heterocycles. The number of hydrogen-bond donors (Lipinski definition) is 0. The topological polar surface area (TPSA) is 0 Å². The number of rotatable bonds is 2. The minimum Gasteiger partial charge on any atom is -0.0762 e. The van der Waals surface area contributed by atoms with Crippen LogP contribution in [0.1, 0.15) is 34.1 Å². The Bertz CT molecular complexity index is 305. The summed E-state index contributed by atoms with van der Waals surface area (Å²) in [6, 6.07) is 0. The molecule has 0 aliphatic heterocycles. The summed E-state index contributed by atoms with van der Waals surface area (Å²) in [5.41, 5.74) is 5.27. The van der Waals surface area contributed by atoms with E-state index < -0.39 is 0 Å². The van der Waals surface area contributed by atoms with E-state index in [1.165, 1.54) is 22.3 Å². The summed E-state index contributed by atoms with van der Waals surface area (Å²) in [6.07, 6.45) is 10.9. The van der Waals surface area contributed by atoms with E-state index in [2.05, 4.69) is 52.0 Å². The first kappa shape index (κ1) is 10.0. The van der Waals surface area contributed by atoms with E-state index >= 15 is 0 Å². The van der Waals surface area contributed by atoms with Gasteiger partial charge in [0.25, 0.3) is 0 Å². The van der Waals surface area contributed by atoms with Crippen LogP contribution in [0.5, 0.6) is 0 Å².